The fraction of sp³-hybridized carbons (Fsp3) is 0.250. The second-order valence-corrected chi connectivity index (χ2v) is 2.40. The van der Waals surface area contributed by atoms with E-state index in [1.165, 1.54) is 18.2 Å². The first-order chi connectivity index (χ1) is 5.49. The van der Waals surface area contributed by atoms with Crippen molar-refractivity contribution in [2.75, 3.05) is 0 Å². The van der Waals surface area contributed by atoms with Crippen LogP contribution in [0, 0.1) is 0 Å². The summed E-state index contributed by atoms with van der Waals surface area (Å²) in [5.74, 6) is -0.560. The molecule has 0 aromatic heterocycles. The van der Waals surface area contributed by atoms with Gasteiger partial charge in [0.15, 0.2) is 5.75 Å². The zero-order valence-corrected chi connectivity index (χ0v) is 6.06. The molecule has 0 spiro atoms. The van der Waals surface area contributed by atoms with Crippen LogP contribution in [0.1, 0.15) is 5.56 Å². The van der Waals surface area contributed by atoms with Gasteiger partial charge in [0.25, 0.3) is 0 Å². The lowest BCUT2D eigenvalue weighted by molar-refractivity contribution is -0.127. The Balaban J connectivity index is 2.83. The molecular formula is C8H6F3O. The Labute approximate surface area is 67.5 Å². The predicted molar refractivity (Wildman–Crippen MR) is 36.3 cm³/mol. The standard InChI is InChI=1S/C8H6F3O/c9-8(10,11)5-6-3-1-2-4-7(6)12/h1-4H,5H2. The van der Waals surface area contributed by atoms with Gasteiger partial charge in [-0.1, -0.05) is 18.2 Å². The molecule has 0 aliphatic rings. The number of hydrogen-bond acceptors (Lipinski definition) is 0. The maximum atomic E-state index is 11.8. The van der Waals surface area contributed by atoms with Gasteiger partial charge in [-0.2, -0.15) is 13.2 Å². The zero-order chi connectivity index (χ0) is 9.19. The minimum Gasteiger partial charge on any atom is -0.290 e. The largest absolute Gasteiger partial charge is 0.393 e. The summed E-state index contributed by atoms with van der Waals surface area (Å²) in [6.07, 6.45) is -5.45. The monoisotopic (exact) mass is 175 g/mol. The van der Waals surface area contributed by atoms with Crippen LogP contribution >= 0.6 is 0 Å². The van der Waals surface area contributed by atoms with Gasteiger partial charge in [-0.25, -0.2) is 0 Å². The van der Waals surface area contributed by atoms with Gasteiger partial charge >= 0.3 is 6.18 Å². The van der Waals surface area contributed by atoms with Gasteiger partial charge in [0.05, 0.1) is 6.42 Å². The van der Waals surface area contributed by atoms with Gasteiger partial charge in [-0.15, -0.1) is 0 Å². The van der Waals surface area contributed by atoms with Crippen LogP contribution in [0.2, 0.25) is 0 Å². The van der Waals surface area contributed by atoms with Gasteiger partial charge in [0.1, 0.15) is 0 Å². The summed E-state index contributed by atoms with van der Waals surface area (Å²) in [7, 11) is 0. The Kier molecular flexibility index (Phi) is 2.26. The van der Waals surface area contributed by atoms with Crippen molar-refractivity contribution in [1.29, 1.82) is 0 Å². The summed E-state index contributed by atoms with van der Waals surface area (Å²) in [5, 5.41) is 10.8. The lowest BCUT2D eigenvalue weighted by Crippen LogP contribution is -2.11. The Morgan fingerprint density at radius 3 is 2.25 bits per heavy atom. The minimum absolute atomic E-state index is 0.204. The van der Waals surface area contributed by atoms with Gasteiger partial charge in [0, 0.05) is 5.56 Å². The molecule has 0 saturated heterocycles. The van der Waals surface area contributed by atoms with E-state index >= 15 is 0 Å². The normalized spacial score (nSPS) is 11.6. The van der Waals surface area contributed by atoms with Crippen LogP contribution in [0.25, 0.3) is 0 Å². The quantitative estimate of drug-likeness (QED) is 0.625. The first-order valence-corrected chi connectivity index (χ1v) is 3.31. The van der Waals surface area contributed by atoms with E-state index in [1.54, 1.807) is 0 Å². The van der Waals surface area contributed by atoms with E-state index in [9.17, 15) is 18.3 Å². The first kappa shape index (κ1) is 8.90. The second kappa shape index (κ2) is 3.05. The van der Waals surface area contributed by atoms with Crippen LogP contribution < -0.4 is 0 Å². The van der Waals surface area contributed by atoms with Crippen LogP contribution in [0.5, 0.6) is 5.75 Å². The number of alkyl halides is 3. The number of hydrogen-bond donors (Lipinski definition) is 0. The topological polar surface area (TPSA) is 19.9 Å². The zero-order valence-electron chi connectivity index (χ0n) is 6.06. The van der Waals surface area contributed by atoms with Gasteiger partial charge in [0.2, 0.25) is 0 Å². The molecule has 1 aromatic carbocycles. The van der Waals surface area contributed by atoms with Crippen LogP contribution in [0.4, 0.5) is 13.2 Å². The molecule has 1 rings (SSSR count). The smallest absolute Gasteiger partial charge is 0.290 e. The Bertz CT molecular complexity index is 267. The first-order valence-electron chi connectivity index (χ1n) is 3.31. The van der Waals surface area contributed by atoms with Crippen LogP contribution in [0.3, 0.4) is 0 Å². The third kappa shape index (κ3) is 2.45. The minimum atomic E-state index is -4.31. The lowest BCUT2D eigenvalue weighted by Gasteiger charge is -2.05. The molecule has 4 heteroatoms. The highest BCUT2D eigenvalue weighted by Crippen LogP contribution is 2.26. The lowest BCUT2D eigenvalue weighted by atomic mass is 10.1. The van der Waals surface area contributed by atoms with Crippen molar-refractivity contribution in [1.82, 2.24) is 0 Å². The Morgan fingerprint density at radius 1 is 1.17 bits per heavy atom. The summed E-state index contributed by atoms with van der Waals surface area (Å²) in [4.78, 5) is 0. The number of para-hydroxylation sites is 1. The molecule has 0 aliphatic carbocycles. The highest BCUT2D eigenvalue weighted by molar-refractivity contribution is 5.31. The molecule has 0 amide bonds. The van der Waals surface area contributed by atoms with E-state index in [1.807, 2.05) is 0 Å². The Morgan fingerprint density at radius 2 is 1.75 bits per heavy atom. The molecule has 0 heterocycles. The van der Waals surface area contributed by atoms with Gasteiger partial charge in [-0.3, -0.25) is 5.11 Å². The molecule has 0 bridgehead atoms. The molecule has 12 heavy (non-hydrogen) atoms. The van der Waals surface area contributed by atoms with Crippen molar-refractivity contribution < 1.29 is 18.3 Å². The molecule has 0 N–H and O–H groups in total. The molecule has 0 unspecified atom stereocenters. The summed E-state index contributed by atoms with van der Waals surface area (Å²) in [6, 6.07) is 5.15. The predicted octanol–water partition coefficient (Wildman–Crippen LogP) is 2.94. The highest BCUT2D eigenvalue weighted by Gasteiger charge is 2.28. The van der Waals surface area contributed by atoms with E-state index in [-0.39, 0.29) is 5.56 Å². The third-order valence-corrected chi connectivity index (χ3v) is 1.36. The van der Waals surface area contributed by atoms with E-state index in [0.717, 1.165) is 6.07 Å². The SMILES string of the molecule is [O]c1ccccc1CC(F)(F)F. The molecule has 65 valence electrons. The maximum Gasteiger partial charge on any atom is 0.393 e. The summed E-state index contributed by atoms with van der Waals surface area (Å²) in [5.41, 5.74) is -0.204. The average molecular weight is 175 g/mol. The van der Waals surface area contributed by atoms with Crippen LogP contribution in [-0.2, 0) is 11.5 Å². The number of halogens is 3. The van der Waals surface area contributed by atoms with Crippen LogP contribution in [-0.4, -0.2) is 6.18 Å². The van der Waals surface area contributed by atoms with Crippen molar-refractivity contribution in [3.63, 3.8) is 0 Å². The molecule has 0 aliphatic heterocycles. The second-order valence-electron chi connectivity index (χ2n) is 2.40. The number of rotatable bonds is 1. The summed E-state index contributed by atoms with van der Waals surface area (Å²) < 4.78 is 35.3. The molecule has 0 saturated carbocycles. The van der Waals surface area contributed by atoms with Crippen molar-refractivity contribution in [2.24, 2.45) is 0 Å². The van der Waals surface area contributed by atoms with E-state index in [2.05, 4.69) is 0 Å². The third-order valence-electron chi connectivity index (χ3n) is 1.36. The fourth-order valence-electron chi connectivity index (χ4n) is 0.866. The highest BCUT2D eigenvalue weighted by atomic mass is 19.4. The van der Waals surface area contributed by atoms with Crippen LogP contribution in [0.15, 0.2) is 24.3 Å². The molecule has 0 atom stereocenters. The van der Waals surface area contributed by atoms with Crippen molar-refractivity contribution in [3.05, 3.63) is 29.8 Å². The van der Waals surface area contributed by atoms with E-state index < -0.39 is 18.3 Å². The van der Waals surface area contributed by atoms with Gasteiger partial charge in [-0.05, 0) is 6.07 Å². The Hall–Kier alpha value is -1.19. The van der Waals surface area contributed by atoms with Crippen molar-refractivity contribution >= 4 is 0 Å². The fourth-order valence-corrected chi connectivity index (χ4v) is 0.866. The molecular weight excluding hydrogens is 169 g/mol. The van der Waals surface area contributed by atoms with Crippen molar-refractivity contribution in [2.45, 2.75) is 12.6 Å². The van der Waals surface area contributed by atoms with E-state index in [0.29, 0.717) is 0 Å². The average Bonchev–Trinajstić information content (AvgIpc) is 1.91. The van der Waals surface area contributed by atoms with Gasteiger partial charge < -0.3 is 0 Å². The van der Waals surface area contributed by atoms with E-state index in [4.69, 9.17) is 0 Å². The summed E-state index contributed by atoms with van der Waals surface area (Å²) >= 11 is 0. The summed E-state index contributed by atoms with van der Waals surface area (Å²) in [6.45, 7) is 0. The van der Waals surface area contributed by atoms with Crippen molar-refractivity contribution in [3.8, 4) is 5.75 Å². The molecule has 1 radical (unpaired) electrons. The molecule has 0 fully saturated rings. The number of benzene rings is 1. The molecule has 1 aromatic rings. The maximum absolute atomic E-state index is 11.8. The molecule has 1 nitrogen and oxygen atoms in total.